The highest BCUT2D eigenvalue weighted by molar-refractivity contribution is 6.09. The Morgan fingerprint density at radius 2 is 2.00 bits per heavy atom. The van der Waals surface area contributed by atoms with Crippen LogP contribution in [0.25, 0.3) is 5.52 Å². The molecule has 0 saturated carbocycles. The fourth-order valence-electron chi connectivity index (χ4n) is 2.66. The number of nitrogens with zero attached hydrogens (tertiary/aromatic N) is 2. The molecule has 6 heteroatoms. The van der Waals surface area contributed by atoms with Gasteiger partial charge >= 0.3 is 0 Å². The van der Waals surface area contributed by atoms with Crippen molar-refractivity contribution in [3.05, 3.63) is 77.9 Å². The molecule has 0 aliphatic carbocycles. The predicted octanol–water partition coefficient (Wildman–Crippen LogP) is 3.12. The highest BCUT2D eigenvalue weighted by atomic mass is 16.2. The molecular weight excluding hydrogens is 328 g/mol. The third kappa shape index (κ3) is 3.35. The predicted molar refractivity (Wildman–Crippen MR) is 102 cm³/mol. The van der Waals surface area contributed by atoms with Gasteiger partial charge in [0.1, 0.15) is 0 Å². The van der Waals surface area contributed by atoms with E-state index in [1.165, 1.54) is 0 Å². The molecule has 3 rings (SSSR count). The van der Waals surface area contributed by atoms with E-state index < -0.39 is 0 Å². The average molecular weight is 348 g/mol. The summed E-state index contributed by atoms with van der Waals surface area (Å²) in [7, 11) is 0. The largest absolute Gasteiger partial charge is 0.346 e. The number of nitrogens with one attached hydrogen (secondary N) is 2. The summed E-state index contributed by atoms with van der Waals surface area (Å²) >= 11 is 0. The molecule has 0 unspecified atom stereocenters. The van der Waals surface area contributed by atoms with Crippen molar-refractivity contribution in [2.24, 2.45) is 0 Å². The number of carbonyl (C=O) groups excluding carboxylic acids is 2. The number of pyridine rings is 1. The molecule has 1 aromatic carbocycles. The number of carbonyl (C=O) groups is 2. The van der Waals surface area contributed by atoms with Gasteiger partial charge in [-0.3, -0.25) is 14.0 Å². The van der Waals surface area contributed by atoms with E-state index in [-0.39, 0.29) is 23.3 Å². The van der Waals surface area contributed by atoms with E-state index in [4.69, 9.17) is 0 Å². The second-order valence-electron chi connectivity index (χ2n) is 6.01. The molecule has 132 valence electrons. The minimum atomic E-state index is -0.364. The highest BCUT2D eigenvalue weighted by Gasteiger charge is 2.21. The van der Waals surface area contributed by atoms with Crippen LogP contribution < -0.4 is 10.6 Å². The first-order chi connectivity index (χ1) is 12.5. The summed E-state index contributed by atoms with van der Waals surface area (Å²) in [5.74, 6) is -0.560. The van der Waals surface area contributed by atoms with Gasteiger partial charge in [-0.2, -0.15) is 0 Å². The molecule has 0 fully saturated rings. The molecule has 0 radical (unpaired) electrons. The Morgan fingerprint density at radius 3 is 2.77 bits per heavy atom. The maximum atomic E-state index is 12.8. The van der Waals surface area contributed by atoms with Gasteiger partial charge in [-0.1, -0.05) is 24.3 Å². The number of imidazole rings is 1. The first-order valence-corrected chi connectivity index (χ1v) is 8.26. The number of fused-ring (bicyclic) bond motifs is 1. The fourth-order valence-corrected chi connectivity index (χ4v) is 2.66. The van der Waals surface area contributed by atoms with Gasteiger partial charge in [0.15, 0.2) is 5.69 Å². The topological polar surface area (TPSA) is 75.5 Å². The summed E-state index contributed by atoms with van der Waals surface area (Å²) in [4.78, 5) is 29.4. The van der Waals surface area contributed by atoms with E-state index in [9.17, 15) is 9.59 Å². The van der Waals surface area contributed by atoms with Crippen molar-refractivity contribution < 1.29 is 9.59 Å². The second-order valence-corrected chi connectivity index (χ2v) is 6.01. The van der Waals surface area contributed by atoms with Gasteiger partial charge in [0.25, 0.3) is 11.8 Å². The zero-order valence-corrected chi connectivity index (χ0v) is 14.7. The normalized spacial score (nSPS) is 10.5. The van der Waals surface area contributed by atoms with Crippen molar-refractivity contribution in [1.82, 2.24) is 14.7 Å². The number of aryl methyl sites for hydroxylation is 2. The smallest absolute Gasteiger partial charge is 0.287 e. The van der Waals surface area contributed by atoms with E-state index >= 15 is 0 Å². The van der Waals surface area contributed by atoms with Crippen LogP contribution in [-0.4, -0.2) is 27.7 Å². The lowest BCUT2D eigenvalue weighted by Gasteiger charge is -2.08. The Balaban J connectivity index is 1.99. The molecule has 2 N–H and O–H groups in total. The van der Waals surface area contributed by atoms with Crippen molar-refractivity contribution in [2.75, 3.05) is 11.9 Å². The number of anilines is 1. The van der Waals surface area contributed by atoms with Gasteiger partial charge < -0.3 is 10.6 Å². The molecule has 0 aliphatic heterocycles. The SMILES string of the molecule is C=CCNC(=O)c1nc(C(=O)Nc2cc(C)ccc2C)c2ccccn12. The monoisotopic (exact) mass is 348 g/mol. The summed E-state index contributed by atoms with van der Waals surface area (Å²) in [5.41, 5.74) is 3.50. The summed E-state index contributed by atoms with van der Waals surface area (Å²) in [6.07, 6.45) is 3.29. The van der Waals surface area contributed by atoms with Gasteiger partial charge in [0.05, 0.1) is 5.52 Å². The van der Waals surface area contributed by atoms with E-state index in [1.54, 1.807) is 34.9 Å². The molecule has 0 bridgehead atoms. The number of rotatable bonds is 5. The fraction of sp³-hybridized carbons (Fsp3) is 0.150. The Kier molecular flexibility index (Phi) is 4.84. The van der Waals surface area contributed by atoms with Crippen molar-refractivity contribution >= 4 is 23.0 Å². The second kappa shape index (κ2) is 7.23. The van der Waals surface area contributed by atoms with Crippen molar-refractivity contribution in [1.29, 1.82) is 0 Å². The molecule has 0 aliphatic rings. The standard InChI is InChI=1S/C20H20N4O2/c1-4-10-21-20(26)18-23-17(16-7-5-6-11-24(16)18)19(25)22-15-12-13(2)8-9-14(15)3/h4-9,11-12H,1,10H2,2-3H3,(H,21,26)(H,22,25). The Bertz CT molecular complexity index is 1000. The maximum absolute atomic E-state index is 12.8. The number of aromatic nitrogens is 2. The van der Waals surface area contributed by atoms with Gasteiger partial charge in [0.2, 0.25) is 5.82 Å². The van der Waals surface area contributed by atoms with Gasteiger partial charge in [-0.05, 0) is 43.2 Å². The van der Waals surface area contributed by atoms with Crippen molar-refractivity contribution in [3.63, 3.8) is 0 Å². The summed E-state index contributed by atoms with van der Waals surface area (Å²) in [6.45, 7) is 7.79. The van der Waals surface area contributed by atoms with Gasteiger partial charge in [-0.15, -0.1) is 6.58 Å². The molecule has 3 aromatic rings. The van der Waals surface area contributed by atoms with Crippen LogP contribution in [0.1, 0.15) is 32.2 Å². The van der Waals surface area contributed by atoms with Crippen LogP contribution in [0.3, 0.4) is 0 Å². The van der Waals surface area contributed by atoms with Crippen LogP contribution in [0.2, 0.25) is 0 Å². The Hall–Kier alpha value is -3.41. The Morgan fingerprint density at radius 1 is 1.19 bits per heavy atom. The molecule has 0 spiro atoms. The minimum Gasteiger partial charge on any atom is -0.346 e. The van der Waals surface area contributed by atoms with E-state index in [0.29, 0.717) is 12.1 Å². The number of amides is 2. The highest BCUT2D eigenvalue weighted by Crippen LogP contribution is 2.19. The number of hydrogen-bond donors (Lipinski definition) is 2. The molecular formula is C20H20N4O2. The van der Waals surface area contributed by atoms with Crippen molar-refractivity contribution in [2.45, 2.75) is 13.8 Å². The molecule has 0 saturated heterocycles. The van der Waals surface area contributed by atoms with Crippen LogP contribution in [0.4, 0.5) is 5.69 Å². The lowest BCUT2D eigenvalue weighted by Crippen LogP contribution is -2.25. The van der Waals surface area contributed by atoms with Crippen LogP contribution in [0.15, 0.2) is 55.3 Å². The molecule has 6 nitrogen and oxygen atoms in total. The first kappa shape index (κ1) is 17.4. The van der Waals surface area contributed by atoms with Gasteiger partial charge in [0, 0.05) is 18.4 Å². The van der Waals surface area contributed by atoms with E-state index in [2.05, 4.69) is 22.2 Å². The lowest BCUT2D eigenvalue weighted by molar-refractivity contribution is 0.0947. The molecule has 2 amide bonds. The third-order valence-corrected chi connectivity index (χ3v) is 4.01. The summed E-state index contributed by atoms with van der Waals surface area (Å²) < 4.78 is 1.61. The molecule has 2 heterocycles. The summed E-state index contributed by atoms with van der Waals surface area (Å²) in [5, 5.41) is 5.58. The molecule has 0 atom stereocenters. The van der Waals surface area contributed by atoms with E-state index in [0.717, 1.165) is 16.8 Å². The zero-order valence-electron chi connectivity index (χ0n) is 14.7. The van der Waals surface area contributed by atoms with Crippen LogP contribution in [-0.2, 0) is 0 Å². The maximum Gasteiger partial charge on any atom is 0.287 e. The van der Waals surface area contributed by atoms with Crippen LogP contribution in [0.5, 0.6) is 0 Å². The average Bonchev–Trinajstić information content (AvgIpc) is 3.02. The zero-order chi connectivity index (χ0) is 18.7. The number of hydrogen-bond acceptors (Lipinski definition) is 3. The first-order valence-electron chi connectivity index (χ1n) is 8.26. The third-order valence-electron chi connectivity index (χ3n) is 4.01. The lowest BCUT2D eigenvalue weighted by atomic mass is 10.1. The van der Waals surface area contributed by atoms with Gasteiger partial charge in [-0.25, -0.2) is 4.98 Å². The Labute approximate surface area is 151 Å². The van der Waals surface area contributed by atoms with Crippen LogP contribution in [0, 0.1) is 13.8 Å². The number of benzene rings is 1. The van der Waals surface area contributed by atoms with E-state index in [1.807, 2.05) is 32.0 Å². The molecule has 2 aromatic heterocycles. The quantitative estimate of drug-likeness (QED) is 0.696. The summed E-state index contributed by atoms with van der Waals surface area (Å²) in [6, 6.07) is 11.2. The minimum absolute atomic E-state index is 0.161. The molecule has 26 heavy (non-hydrogen) atoms. The van der Waals surface area contributed by atoms with Crippen LogP contribution >= 0.6 is 0 Å². The van der Waals surface area contributed by atoms with Crippen molar-refractivity contribution in [3.8, 4) is 0 Å².